The van der Waals surface area contributed by atoms with Crippen molar-refractivity contribution in [3.05, 3.63) is 35.4 Å². The lowest BCUT2D eigenvalue weighted by Crippen LogP contribution is -2.43. The number of hydrogen-bond donors (Lipinski definition) is 1. The van der Waals surface area contributed by atoms with Crippen LogP contribution in [-0.4, -0.2) is 48.9 Å². The Balaban J connectivity index is 2.27. The van der Waals surface area contributed by atoms with E-state index < -0.39 is 17.8 Å². The minimum atomic E-state index is -0.640. The summed E-state index contributed by atoms with van der Waals surface area (Å²) in [6.07, 6.45) is -0.543. The molecule has 1 amide bonds. The summed E-state index contributed by atoms with van der Waals surface area (Å²) < 4.78 is 26.9. The van der Waals surface area contributed by atoms with Gasteiger partial charge < -0.3 is 9.80 Å². The van der Waals surface area contributed by atoms with Gasteiger partial charge in [-0.05, 0) is 33.2 Å². The highest BCUT2D eigenvalue weighted by molar-refractivity contribution is 5.81. The van der Waals surface area contributed by atoms with Crippen LogP contribution in [0.25, 0.3) is 0 Å². The van der Waals surface area contributed by atoms with E-state index in [1.54, 1.807) is 4.90 Å². The average molecular weight is 283 g/mol. The molecule has 110 valence electrons. The van der Waals surface area contributed by atoms with Crippen molar-refractivity contribution in [2.24, 2.45) is 0 Å². The molecule has 1 aliphatic rings. The highest BCUT2D eigenvalue weighted by Gasteiger charge is 2.36. The summed E-state index contributed by atoms with van der Waals surface area (Å²) in [5.74, 6) is -1.34. The van der Waals surface area contributed by atoms with E-state index in [-0.39, 0.29) is 18.5 Å². The van der Waals surface area contributed by atoms with Crippen LogP contribution in [0.2, 0.25) is 0 Å². The maximum atomic E-state index is 13.9. The van der Waals surface area contributed by atoms with E-state index in [9.17, 15) is 13.6 Å². The molecule has 1 N–H and O–H groups in total. The number of carbonyl (C=O) groups is 1. The van der Waals surface area contributed by atoms with E-state index in [2.05, 4.69) is 5.32 Å². The molecule has 1 aromatic rings. The molecular formula is C14H19F2N3O. The van der Waals surface area contributed by atoms with Crippen molar-refractivity contribution in [3.8, 4) is 0 Å². The molecule has 0 aliphatic carbocycles. The predicted octanol–water partition coefficient (Wildman–Crippen LogP) is 1.35. The maximum absolute atomic E-state index is 13.9. The highest BCUT2D eigenvalue weighted by atomic mass is 19.1. The summed E-state index contributed by atoms with van der Waals surface area (Å²) in [6.45, 7) is 2.76. The van der Waals surface area contributed by atoms with Crippen LogP contribution in [0.5, 0.6) is 0 Å². The third-order valence-electron chi connectivity index (χ3n) is 3.37. The molecular weight excluding hydrogens is 264 g/mol. The van der Waals surface area contributed by atoms with Crippen molar-refractivity contribution in [2.45, 2.75) is 19.1 Å². The van der Waals surface area contributed by atoms with Gasteiger partial charge >= 0.3 is 0 Å². The fourth-order valence-electron chi connectivity index (χ4n) is 2.62. The van der Waals surface area contributed by atoms with E-state index in [0.717, 1.165) is 6.07 Å². The molecule has 1 fully saturated rings. The van der Waals surface area contributed by atoms with Crippen LogP contribution in [0.4, 0.5) is 8.78 Å². The molecule has 4 nitrogen and oxygen atoms in total. The summed E-state index contributed by atoms with van der Waals surface area (Å²) in [5, 5.41) is 2.98. The second-order valence-electron chi connectivity index (χ2n) is 5.36. The predicted molar refractivity (Wildman–Crippen MR) is 72.0 cm³/mol. The summed E-state index contributed by atoms with van der Waals surface area (Å²) in [4.78, 5) is 15.6. The summed E-state index contributed by atoms with van der Waals surface area (Å²) in [7, 11) is 3.83. The third-order valence-corrected chi connectivity index (χ3v) is 3.37. The molecule has 20 heavy (non-hydrogen) atoms. The first-order valence-corrected chi connectivity index (χ1v) is 6.54. The standard InChI is InChI=1S/C14H19F2N3O/c1-9(8-18(2)3)19-13(20)7-17-14(19)11-5-4-10(15)6-12(11)16/h4-6,9,14,17H,7-8H2,1-3H3. The van der Waals surface area contributed by atoms with Gasteiger partial charge in [0, 0.05) is 24.2 Å². The van der Waals surface area contributed by atoms with Gasteiger partial charge in [-0.2, -0.15) is 0 Å². The molecule has 2 atom stereocenters. The lowest BCUT2D eigenvalue weighted by atomic mass is 10.1. The van der Waals surface area contributed by atoms with Gasteiger partial charge in [0.15, 0.2) is 0 Å². The zero-order valence-electron chi connectivity index (χ0n) is 11.9. The van der Waals surface area contributed by atoms with E-state index in [1.807, 2.05) is 25.9 Å². The van der Waals surface area contributed by atoms with Gasteiger partial charge in [0.1, 0.15) is 17.8 Å². The van der Waals surface area contributed by atoms with E-state index in [1.165, 1.54) is 12.1 Å². The van der Waals surface area contributed by atoms with Gasteiger partial charge in [-0.1, -0.05) is 0 Å². The number of halogens is 2. The molecule has 1 aromatic carbocycles. The van der Waals surface area contributed by atoms with Crippen LogP contribution >= 0.6 is 0 Å². The normalized spacial score (nSPS) is 20.8. The third kappa shape index (κ3) is 2.96. The monoisotopic (exact) mass is 283 g/mol. The Labute approximate surface area is 117 Å². The minimum Gasteiger partial charge on any atom is -0.318 e. The van der Waals surface area contributed by atoms with Crippen LogP contribution in [0.3, 0.4) is 0 Å². The molecule has 0 bridgehead atoms. The highest BCUT2D eigenvalue weighted by Crippen LogP contribution is 2.27. The van der Waals surface area contributed by atoms with Crippen LogP contribution in [0.15, 0.2) is 18.2 Å². The Kier molecular flexibility index (Phi) is 4.35. The zero-order chi connectivity index (χ0) is 14.9. The second kappa shape index (κ2) is 5.85. The molecule has 2 rings (SSSR count). The van der Waals surface area contributed by atoms with Crippen molar-refractivity contribution in [1.29, 1.82) is 0 Å². The van der Waals surface area contributed by atoms with E-state index in [4.69, 9.17) is 0 Å². The quantitative estimate of drug-likeness (QED) is 0.906. The first-order chi connectivity index (χ1) is 9.40. The molecule has 6 heteroatoms. The van der Waals surface area contributed by atoms with Crippen LogP contribution < -0.4 is 5.32 Å². The van der Waals surface area contributed by atoms with Crippen LogP contribution in [0, 0.1) is 11.6 Å². The fraction of sp³-hybridized carbons (Fsp3) is 0.500. The minimum absolute atomic E-state index is 0.0676. The Bertz CT molecular complexity index is 507. The van der Waals surface area contributed by atoms with Gasteiger partial charge in [0.2, 0.25) is 5.91 Å². The van der Waals surface area contributed by atoms with Crippen LogP contribution in [-0.2, 0) is 4.79 Å². The Hall–Kier alpha value is -1.53. The Morgan fingerprint density at radius 3 is 2.75 bits per heavy atom. The number of likely N-dealkylation sites (N-methyl/N-ethyl adjacent to an activating group) is 1. The number of benzene rings is 1. The first-order valence-electron chi connectivity index (χ1n) is 6.54. The average Bonchev–Trinajstić information content (AvgIpc) is 2.70. The number of carbonyl (C=O) groups excluding carboxylic acids is 1. The lowest BCUT2D eigenvalue weighted by Gasteiger charge is -2.32. The second-order valence-corrected chi connectivity index (χ2v) is 5.36. The van der Waals surface area contributed by atoms with Crippen LogP contribution in [0.1, 0.15) is 18.7 Å². The van der Waals surface area contributed by atoms with E-state index in [0.29, 0.717) is 12.1 Å². The molecule has 1 saturated heterocycles. The van der Waals surface area contributed by atoms with Crippen molar-refractivity contribution >= 4 is 5.91 Å². The van der Waals surface area contributed by atoms with Gasteiger partial charge in [0.25, 0.3) is 0 Å². The van der Waals surface area contributed by atoms with Crippen molar-refractivity contribution in [3.63, 3.8) is 0 Å². The Morgan fingerprint density at radius 1 is 1.45 bits per heavy atom. The number of hydrogen-bond acceptors (Lipinski definition) is 3. The zero-order valence-corrected chi connectivity index (χ0v) is 11.9. The molecule has 0 aromatic heterocycles. The molecule has 1 aliphatic heterocycles. The SMILES string of the molecule is CC(CN(C)C)N1C(=O)CNC1c1ccc(F)cc1F. The first kappa shape index (κ1) is 14.9. The van der Waals surface area contributed by atoms with Gasteiger partial charge in [-0.3, -0.25) is 10.1 Å². The topological polar surface area (TPSA) is 35.6 Å². The van der Waals surface area contributed by atoms with Crippen molar-refractivity contribution in [2.75, 3.05) is 27.2 Å². The number of rotatable bonds is 4. The lowest BCUT2D eigenvalue weighted by molar-refractivity contribution is -0.130. The van der Waals surface area contributed by atoms with E-state index >= 15 is 0 Å². The largest absolute Gasteiger partial charge is 0.318 e. The number of nitrogens with zero attached hydrogens (tertiary/aromatic N) is 2. The van der Waals surface area contributed by atoms with Crippen molar-refractivity contribution in [1.82, 2.24) is 15.1 Å². The molecule has 2 unspecified atom stereocenters. The molecule has 0 spiro atoms. The molecule has 1 heterocycles. The molecule has 0 radical (unpaired) electrons. The summed E-state index contributed by atoms with van der Waals surface area (Å²) in [6, 6.07) is 3.37. The van der Waals surface area contributed by atoms with Gasteiger partial charge in [0.05, 0.1) is 6.54 Å². The number of amides is 1. The maximum Gasteiger partial charge on any atom is 0.238 e. The molecule has 0 saturated carbocycles. The van der Waals surface area contributed by atoms with Crippen molar-refractivity contribution < 1.29 is 13.6 Å². The Morgan fingerprint density at radius 2 is 2.15 bits per heavy atom. The van der Waals surface area contributed by atoms with Gasteiger partial charge in [-0.25, -0.2) is 8.78 Å². The van der Waals surface area contributed by atoms with Gasteiger partial charge in [-0.15, -0.1) is 0 Å². The summed E-state index contributed by atoms with van der Waals surface area (Å²) in [5.41, 5.74) is 0.294. The fourth-order valence-corrected chi connectivity index (χ4v) is 2.62. The number of nitrogens with one attached hydrogen (secondary N) is 1. The summed E-state index contributed by atoms with van der Waals surface area (Å²) >= 11 is 0. The smallest absolute Gasteiger partial charge is 0.238 e.